The molecule has 7 aromatic rings. The number of hydrogen-bond donors (Lipinski definition) is 1. The molecule has 0 saturated heterocycles. The van der Waals surface area contributed by atoms with Crippen LogP contribution in [-0.2, 0) is 21.7 Å². The van der Waals surface area contributed by atoms with Crippen LogP contribution in [0.25, 0.3) is 56.1 Å². The first-order valence-corrected chi connectivity index (χ1v) is 19.4. The normalized spacial score (nSPS) is 12.7. The van der Waals surface area contributed by atoms with Crippen LogP contribution in [0.4, 0.5) is 0 Å². The van der Waals surface area contributed by atoms with Gasteiger partial charge in [0.05, 0.1) is 11.3 Å². The van der Waals surface area contributed by atoms with Crippen molar-refractivity contribution in [1.29, 1.82) is 0 Å². The number of hydrogen-bond acceptors (Lipinski definition) is 4. The van der Waals surface area contributed by atoms with Crippen LogP contribution in [0, 0.1) is 0 Å². The fourth-order valence-electron chi connectivity index (χ4n) is 7.44. The summed E-state index contributed by atoms with van der Waals surface area (Å²) in [5.41, 5.74) is 13.1. The monoisotopic (exact) mass is 726 g/mol. The third-order valence-electron chi connectivity index (χ3n) is 11.0. The van der Waals surface area contributed by atoms with Crippen LogP contribution < -0.4 is 0 Å². The fourth-order valence-corrected chi connectivity index (χ4v) is 7.44. The van der Waals surface area contributed by atoms with Crippen molar-refractivity contribution in [2.45, 2.75) is 97.8 Å². The van der Waals surface area contributed by atoms with Crippen molar-refractivity contribution < 1.29 is 9.52 Å². The van der Waals surface area contributed by atoms with Crippen molar-refractivity contribution in [3.05, 3.63) is 149 Å². The van der Waals surface area contributed by atoms with Crippen LogP contribution in [0.2, 0.25) is 0 Å². The quantitative estimate of drug-likeness (QED) is 0.185. The van der Waals surface area contributed by atoms with Gasteiger partial charge in [0.25, 0.3) is 0 Å². The summed E-state index contributed by atoms with van der Waals surface area (Å²) in [7, 11) is 0. The summed E-state index contributed by atoms with van der Waals surface area (Å²) >= 11 is 0. The molecule has 0 atom stereocenters. The first kappa shape index (κ1) is 37.8. The Balaban J connectivity index is 1.41. The molecule has 0 fully saturated rings. The Labute approximate surface area is 327 Å². The summed E-state index contributed by atoms with van der Waals surface area (Å²) in [6.45, 7) is 24.2. The lowest BCUT2D eigenvalue weighted by Crippen LogP contribution is -2.20. The second kappa shape index (κ2) is 13.7. The van der Waals surface area contributed by atoms with E-state index in [2.05, 4.69) is 179 Å². The van der Waals surface area contributed by atoms with Gasteiger partial charge in [-0.1, -0.05) is 161 Å². The van der Waals surface area contributed by atoms with Gasteiger partial charge in [-0.2, -0.15) is 0 Å². The van der Waals surface area contributed by atoms with Gasteiger partial charge in [0.2, 0.25) is 5.89 Å². The highest BCUT2D eigenvalue weighted by molar-refractivity contribution is 5.94. The SMILES string of the molecule is CC(C)(C)c1cc(-c2cc(-c3ccccc3)c(C(C)(C)c3ccccc3)cn2)cc(-c2cccc3oc(-c4cc(C(C)(C)C)cc(C(C)(C)C)c4O)nc23)c1. The highest BCUT2D eigenvalue weighted by atomic mass is 16.3. The van der Waals surface area contributed by atoms with E-state index in [1.54, 1.807) is 0 Å². The first-order valence-electron chi connectivity index (χ1n) is 19.4. The number of nitrogens with zero attached hydrogens (tertiary/aromatic N) is 2. The Hall–Kier alpha value is -5.48. The average Bonchev–Trinajstić information content (AvgIpc) is 3.58. The van der Waals surface area contributed by atoms with Crippen LogP contribution in [0.3, 0.4) is 0 Å². The number of fused-ring (bicyclic) bond motifs is 1. The molecule has 2 heterocycles. The van der Waals surface area contributed by atoms with Crippen LogP contribution in [0.5, 0.6) is 5.75 Å². The number of benzene rings is 5. The van der Waals surface area contributed by atoms with Crippen LogP contribution in [0.15, 0.2) is 126 Å². The molecule has 1 N–H and O–H groups in total. The van der Waals surface area contributed by atoms with Crippen LogP contribution >= 0.6 is 0 Å². The van der Waals surface area contributed by atoms with Gasteiger partial charge in [-0.3, -0.25) is 4.98 Å². The van der Waals surface area contributed by atoms with E-state index in [1.807, 2.05) is 18.2 Å². The number of rotatable bonds is 6. The smallest absolute Gasteiger partial charge is 0.231 e. The molecule has 4 heteroatoms. The van der Waals surface area contributed by atoms with E-state index in [0.29, 0.717) is 17.0 Å². The summed E-state index contributed by atoms with van der Waals surface area (Å²) in [4.78, 5) is 10.3. The number of phenolic OH excluding ortho intramolecular Hbond substituents is 1. The molecule has 0 amide bonds. The van der Waals surface area contributed by atoms with E-state index >= 15 is 0 Å². The third kappa shape index (κ3) is 7.35. The molecule has 7 rings (SSSR count). The lowest BCUT2D eigenvalue weighted by molar-refractivity contribution is 0.444. The van der Waals surface area contributed by atoms with Gasteiger partial charge < -0.3 is 9.52 Å². The van der Waals surface area contributed by atoms with Crippen LogP contribution in [-0.4, -0.2) is 15.1 Å². The molecule has 0 bridgehead atoms. The highest BCUT2D eigenvalue weighted by Gasteiger charge is 2.29. The highest BCUT2D eigenvalue weighted by Crippen LogP contribution is 2.45. The molecule has 280 valence electrons. The minimum absolute atomic E-state index is 0.131. The standard InChI is InChI=1S/C51H54N2O2/c1-48(2,3)36-26-33(38-23-18-24-44-45(38)53-47(55-44)40-28-37(49(4,5)6)29-41(46(40)54)50(7,8)9)25-34(27-36)43-30-39(32-19-14-12-15-20-32)42(31-52-43)51(10,11)35-21-16-13-17-22-35/h12-31,54H,1-11H3. The Morgan fingerprint density at radius 2 is 1.11 bits per heavy atom. The van der Waals surface area contributed by atoms with Gasteiger partial charge in [0.1, 0.15) is 11.3 Å². The van der Waals surface area contributed by atoms with Gasteiger partial charge in [-0.05, 0) is 85.5 Å². The van der Waals surface area contributed by atoms with Crippen molar-refractivity contribution in [3.63, 3.8) is 0 Å². The Kier molecular flexibility index (Phi) is 9.40. The molecular weight excluding hydrogens is 673 g/mol. The average molecular weight is 727 g/mol. The summed E-state index contributed by atoms with van der Waals surface area (Å²) in [5, 5.41) is 11.7. The van der Waals surface area contributed by atoms with Gasteiger partial charge in [-0.15, -0.1) is 0 Å². The maximum absolute atomic E-state index is 11.7. The fraction of sp³-hybridized carbons (Fsp3) is 0.294. The molecule has 0 aliphatic heterocycles. The molecule has 2 aromatic heterocycles. The van der Waals surface area contributed by atoms with E-state index in [0.717, 1.165) is 50.2 Å². The Bertz CT molecular complexity index is 2500. The summed E-state index contributed by atoms with van der Waals surface area (Å²) in [6, 6.07) is 40.6. The maximum atomic E-state index is 11.7. The van der Waals surface area contributed by atoms with Crippen molar-refractivity contribution in [2.24, 2.45) is 0 Å². The number of aromatic hydroxyl groups is 1. The van der Waals surface area contributed by atoms with Crippen molar-refractivity contribution >= 4 is 11.1 Å². The van der Waals surface area contributed by atoms with Gasteiger partial charge in [-0.25, -0.2) is 4.98 Å². The van der Waals surface area contributed by atoms with Crippen molar-refractivity contribution in [3.8, 4) is 50.7 Å². The minimum Gasteiger partial charge on any atom is -0.507 e. The number of pyridine rings is 1. The molecule has 0 spiro atoms. The Morgan fingerprint density at radius 3 is 1.75 bits per heavy atom. The van der Waals surface area contributed by atoms with E-state index < -0.39 is 0 Å². The molecule has 0 radical (unpaired) electrons. The Morgan fingerprint density at radius 1 is 0.491 bits per heavy atom. The summed E-state index contributed by atoms with van der Waals surface area (Å²) in [6.07, 6.45) is 2.07. The third-order valence-corrected chi connectivity index (χ3v) is 11.0. The lowest BCUT2D eigenvalue weighted by Gasteiger charge is -2.29. The zero-order valence-corrected chi connectivity index (χ0v) is 34.3. The number of aromatic nitrogens is 2. The number of oxazole rings is 1. The molecule has 0 aliphatic carbocycles. The molecule has 0 unspecified atom stereocenters. The second-order valence-corrected chi connectivity index (χ2v) is 18.6. The van der Waals surface area contributed by atoms with Crippen molar-refractivity contribution in [1.82, 2.24) is 9.97 Å². The topological polar surface area (TPSA) is 59.2 Å². The molecule has 5 aromatic carbocycles. The van der Waals surface area contributed by atoms with Gasteiger partial charge in [0, 0.05) is 28.3 Å². The summed E-state index contributed by atoms with van der Waals surface area (Å²) in [5.74, 6) is 0.624. The van der Waals surface area contributed by atoms with E-state index in [1.165, 1.54) is 16.7 Å². The van der Waals surface area contributed by atoms with E-state index in [9.17, 15) is 5.11 Å². The maximum Gasteiger partial charge on any atom is 0.231 e. The lowest BCUT2D eigenvalue weighted by atomic mass is 9.75. The zero-order valence-electron chi connectivity index (χ0n) is 34.3. The second-order valence-electron chi connectivity index (χ2n) is 18.6. The van der Waals surface area contributed by atoms with Crippen molar-refractivity contribution in [2.75, 3.05) is 0 Å². The zero-order chi connectivity index (χ0) is 39.5. The molecular formula is C51H54N2O2. The largest absolute Gasteiger partial charge is 0.507 e. The molecule has 0 aliphatic rings. The minimum atomic E-state index is -0.273. The number of phenols is 1. The predicted molar refractivity (Wildman–Crippen MR) is 230 cm³/mol. The molecule has 0 saturated carbocycles. The number of para-hydroxylation sites is 1. The molecule has 55 heavy (non-hydrogen) atoms. The van der Waals surface area contributed by atoms with E-state index in [4.69, 9.17) is 14.4 Å². The predicted octanol–water partition coefficient (Wildman–Crippen LogP) is 13.8. The first-order chi connectivity index (χ1) is 25.8. The van der Waals surface area contributed by atoms with Crippen LogP contribution in [0.1, 0.15) is 104 Å². The molecule has 4 nitrogen and oxygen atoms in total. The van der Waals surface area contributed by atoms with Gasteiger partial charge in [0.15, 0.2) is 5.58 Å². The summed E-state index contributed by atoms with van der Waals surface area (Å²) < 4.78 is 6.51. The van der Waals surface area contributed by atoms with Gasteiger partial charge >= 0.3 is 0 Å². The van der Waals surface area contributed by atoms with E-state index in [-0.39, 0.29) is 27.4 Å².